The summed E-state index contributed by atoms with van der Waals surface area (Å²) in [4.78, 5) is 45.3. The Morgan fingerprint density at radius 2 is 2.00 bits per heavy atom. The second-order valence-corrected chi connectivity index (χ2v) is 7.51. The van der Waals surface area contributed by atoms with Crippen molar-refractivity contribution < 1.29 is 23.9 Å². The SMILES string of the molecule is CCCN(C(=O)OC)C(=O)c1cc(N2CCCC(C(=O)OCC)C2)c2ccccc2n1. The van der Waals surface area contributed by atoms with E-state index in [1.807, 2.05) is 31.2 Å². The topological polar surface area (TPSA) is 89.0 Å². The van der Waals surface area contributed by atoms with E-state index in [0.717, 1.165) is 35.4 Å². The lowest BCUT2D eigenvalue weighted by molar-refractivity contribution is -0.148. The average molecular weight is 428 g/mol. The predicted molar refractivity (Wildman–Crippen MR) is 117 cm³/mol. The van der Waals surface area contributed by atoms with Crippen LogP contribution in [0.4, 0.5) is 10.5 Å². The minimum Gasteiger partial charge on any atom is -0.466 e. The van der Waals surface area contributed by atoms with Crippen molar-refractivity contribution in [3.8, 4) is 0 Å². The van der Waals surface area contributed by atoms with Crippen molar-refractivity contribution in [2.75, 3.05) is 38.3 Å². The molecule has 2 heterocycles. The number of anilines is 1. The summed E-state index contributed by atoms with van der Waals surface area (Å²) in [6.45, 7) is 5.54. The minimum absolute atomic E-state index is 0.172. The molecular weight excluding hydrogens is 398 g/mol. The van der Waals surface area contributed by atoms with Gasteiger partial charge in [0.15, 0.2) is 0 Å². The number of amides is 2. The Kier molecular flexibility index (Phi) is 7.44. The molecule has 0 N–H and O–H groups in total. The number of pyridine rings is 1. The smallest absolute Gasteiger partial charge is 0.416 e. The average Bonchev–Trinajstić information content (AvgIpc) is 2.81. The molecule has 0 aliphatic carbocycles. The number of aromatic nitrogens is 1. The van der Waals surface area contributed by atoms with Crippen LogP contribution in [-0.4, -0.2) is 61.2 Å². The van der Waals surface area contributed by atoms with E-state index >= 15 is 0 Å². The van der Waals surface area contributed by atoms with E-state index < -0.39 is 12.0 Å². The minimum atomic E-state index is -0.705. The van der Waals surface area contributed by atoms with E-state index in [2.05, 4.69) is 9.88 Å². The van der Waals surface area contributed by atoms with Crippen molar-refractivity contribution in [3.63, 3.8) is 0 Å². The van der Waals surface area contributed by atoms with Gasteiger partial charge < -0.3 is 14.4 Å². The normalized spacial score (nSPS) is 16.1. The number of esters is 1. The van der Waals surface area contributed by atoms with Crippen LogP contribution in [0.25, 0.3) is 10.9 Å². The molecule has 1 atom stereocenters. The Balaban J connectivity index is 2.00. The second kappa shape index (κ2) is 10.2. The van der Waals surface area contributed by atoms with Crippen LogP contribution in [0.1, 0.15) is 43.6 Å². The zero-order valence-corrected chi connectivity index (χ0v) is 18.3. The van der Waals surface area contributed by atoms with Gasteiger partial charge in [-0.2, -0.15) is 0 Å². The first-order valence-electron chi connectivity index (χ1n) is 10.7. The molecule has 2 aromatic rings. The van der Waals surface area contributed by atoms with Gasteiger partial charge >= 0.3 is 12.1 Å². The number of hydrogen-bond donors (Lipinski definition) is 0. The van der Waals surface area contributed by atoms with Gasteiger partial charge in [0.2, 0.25) is 0 Å². The van der Waals surface area contributed by atoms with Gasteiger partial charge in [-0.05, 0) is 38.3 Å². The molecule has 1 saturated heterocycles. The number of ether oxygens (including phenoxy) is 2. The van der Waals surface area contributed by atoms with Crippen LogP contribution in [-0.2, 0) is 14.3 Å². The van der Waals surface area contributed by atoms with Gasteiger partial charge in [0, 0.05) is 30.7 Å². The summed E-state index contributed by atoms with van der Waals surface area (Å²) in [5.74, 6) is -0.909. The molecule has 1 aromatic heterocycles. The molecule has 1 aromatic carbocycles. The number of hydrogen-bond acceptors (Lipinski definition) is 7. The van der Waals surface area contributed by atoms with Crippen molar-refractivity contribution in [2.45, 2.75) is 33.1 Å². The maximum absolute atomic E-state index is 13.1. The summed E-state index contributed by atoms with van der Waals surface area (Å²) in [6, 6.07) is 9.27. The van der Waals surface area contributed by atoms with Crippen molar-refractivity contribution in [2.24, 2.45) is 5.92 Å². The largest absolute Gasteiger partial charge is 0.466 e. The number of benzene rings is 1. The van der Waals surface area contributed by atoms with E-state index in [0.29, 0.717) is 25.1 Å². The highest BCUT2D eigenvalue weighted by atomic mass is 16.5. The van der Waals surface area contributed by atoms with E-state index in [-0.39, 0.29) is 24.1 Å². The number of piperidine rings is 1. The second-order valence-electron chi connectivity index (χ2n) is 7.51. The van der Waals surface area contributed by atoms with E-state index in [1.54, 1.807) is 13.0 Å². The number of methoxy groups -OCH3 is 1. The monoisotopic (exact) mass is 427 g/mol. The standard InChI is InChI=1S/C23H29N3O5/c1-4-12-26(23(29)30-3)21(27)19-14-20(17-10-6-7-11-18(17)24-19)25-13-8-9-16(15-25)22(28)31-5-2/h6-7,10-11,14,16H,4-5,8-9,12-13,15H2,1-3H3. The van der Waals surface area contributed by atoms with Crippen LogP contribution >= 0.6 is 0 Å². The molecule has 31 heavy (non-hydrogen) atoms. The van der Waals surface area contributed by atoms with Crippen molar-refractivity contribution >= 4 is 34.6 Å². The molecule has 166 valence electrons. The lowest BCUT2D eigenvalue weighted by Crippen LogP contribution is -2.40. The number of para-hydroxylation sites is 1. The summed E-state index contributed by atoms with van der Waals surface area (Å²) in [6.07, 6.45) is 1.52. The molecule has 0 bridgehead atoms. The summed E-state index contributed by atoms with van der Waals surface area (Å²) in [5.41, 5.74) is 1.65. The molecular formula is C23H29N3O5. The third-order valence-corrected chi connectivity index (χ3v) is 5.38. The predicted octanol–water partition coefficient (Wildman–Crippen LogP) is 3.63. The van der Waals surface area contributed by atoms with E-state index in [9.17, 15) is 14.4 Å². The van der Waals surface area contributed by atoms with Crippen LogP contribution < -0.4 is 4.90 Å². The Hall–Kier alpha value is -3.16. The van der Waals surface area contributed by atoms with Gasteiger partial charge in [-0.15, -0.1) is 0 Å². The van der Waals surface area contributed by atoms with Gasteiger partial charge in [0.05, 0.1) is 25.2 Å². The number of carbonyl (C=O) groups is 3. The van der Waals surface area contributed by atoms with Crippen LogP contribution in [0.15, 0.2) is 30.3 Å². The van der Waals surface area contributed by atoms with Gasteiger partial charge in [0.25, 0.3) is 5.91 Å². The fraction of sp³-hybridized carbons (Fsp3) is 0.478. The van der Waals surface area contributed by atoms with Crippen LogP contribution in [0.5, 0.6) is 0 Å². The first-order valence-corrected chi connectivity index (χ1v) is 10.7. The Morgan fingerprint density at radius 1 is 1.23 bits per heavy atom. The summed E-state index contributed by atoms with van der Waals surface area (Å²) < 4.78 is 10.0. The van der Waals surface area contributed by atoms with Gasteiger partial charge in [0.1, 0.15) is 5.69 Å². The maximum atomic E-state index is 13.1. The third-order valence-electron chi connectivity index (χ3n) is 5.38. The highest BCUT2D eigenvalue weighted by Crippen LogP contribution is 2.31. The zero-order chi connectivity index (χ0) is 22.4. The van der Waals surface area contributed by atoms with Crippen molar-refractivity contribution in [1.82, 2.24) is 9.88 Å². The van der Waals surface area contributed by atoms with Crippen molar-refractivity contribution in [1.29, 1.82) is 0 Å². The summed E-state index contributed by atoms with van der Waals surface area (Å²) >= 11 is 0. The highest BCUT2D eigenvalue weighted by molar-refractivity contribution is 6.05. The zero-order valence-electron chi connectivity index (χ0n) is 18.3. The molecule has 8 heteroatoms. The van der Waals surface area contributed by atoms with E-state index in [4.69, 9.17) is 9.47 Å². The fourth-order valence-corrected chi connectivity index (χ4v) is 3.92. The Bertz CT molecular complexity index is 961. The van der Waals surface area contributed by atoms with Gasteiger partial charge in [-0.1, -0.05) is 25.1 Å². The molecule has 1 fully saturated rings. The van der Waals surface area contributed by atoms with Crippen LogP contribution in [0.3, 0.4) is 0 Å². The number of carbonyl (C=O) groups excluding carboxylic acids is 3. The molecule has 1 unspecified atom stereocenters. The van der Waals surface area contributed by atoms with Crippen LogP contribution in [0, 0.1) is 5.92 Å². The molecule has 2 amide bonds. The molecule has 1 aliphatic rings. The van der Waals surface area contributed by atoms with Crippen LogP contribution in [0.2, 0.25) is 0 Å². The first-order chi connectivity index (χ1) is 15.0. The van der Waals surface area contributed by atoms with Gasteiger partial charge in [-0.3, -0.25) is 9.59 Å². The van der Waals surface area contributed by atoms with Gasteiger partial charge in [-0.25, -0.2) is 14.7 Å². The summed E-state index contributed by atoms with van der Waals surface area (Å²) in [7, 11) is 1.25. The quantitative estimate of drug-likeness (QED) is 0.650. The number of fused-ring (bicyclic) bond motifs is 1. The molecule has 8 nitrogen and oxygen atoms in total. The first kappa shape index (κ1) is 22.5. The molecule has 0 saturated carbocycles. The molecule has 0 radical (unpaired) electrons. The fourth-order valence-electron chi connectivity index (χ4n) is 3.92. The van der Waals surface area contributed by atoms with E-state index in [1.165, 1.54) is 7.11 Å². The number of rotatable bonds is 6. The van der Waals surface area contributed by atoms with Crippen molar-refractivity contribution in [3.05, 3.63) is 36.0 Å². The molecule has 0 spiro atoms. The Labute approximate surface area is 182 Å². The number of nitrogens with zero attached hydrogens (tertiary/aromatic N) is 3. The molecule has 3 rings (SSSR count). The Morgan fingerprint density at radius 3 is 2.71 bits per heavy atom. The summed E-state index contributed by atoms with van der Waals surface area (Å²) in [5, 5.41) is 0.892. The third kappa shape index (κ3) is 4.95. The number of imide groups is 1. The molecule has 1 aliphatic heterocycles. The lowest BCUT2D eigenvalue weighted by Gasteiger charge is -2.34. The lowest BCUT2D eigenvalue weighted by atomic mass is 9.97. The highest BCUT2D eigenvalue weighted by Gasteiger charge is 2.30. The maximum Gasteiger partial charge on any atom is 0.416 e.